The fraction of sp³-hybridized carbons (Fsp3) is 0.545. The SMILES string of the molecule is CC.COC(=O)C1CN(c2nc(-c3ccc(C)c(Cl)c3)c(CC(C)C)s2)CCN1. The average molecular weight is 438 g/mol. The fourth-order valence-corrected chi connectivity index (χ4v) is 4.68. The van der Waals surface area contributed by atoms with Crippen molar-refractivity contribution in [2.75, 3.05) is 31.6 Å². The number of hydrogen-bond donors (Lipinski definition) is 1. The lowest BCUT2D eigenvalue weighted by atomic mass is 10.0. The second-order valence-corrected chi connectivity index (χ2v) is 8.78. The fourth-order valence-electron chi connectivity index (χ4n) is 3.17. The van der Waals surface area contributed by atoms with Crippen LogP contribution < -0.4 is 10.2 Å². The lowest BCUT2D eigenvalue weighted by molar-refractivity contribution is -0.143. The Hall–Kier alpha value is -1.63. The molecular formula is C22H32ClN3O2S. The molecule has 0 aliphatic carbocycles. The molecular weight excluding hydrogens is 406 g/mol. The number of aryl methyl sites for hydroxylation is 1. The third-order valence-corrected chi connectivity index (χ3v) is 6.20. The Morgan fingerprint density at radius 2 is 2.14 bits per heavy atom. The molecule has 0 bridgehead atoms. The number of hydrogen-bond acceptors (Lipinski definition) is 6. The first-order chi connectivity index (χ1) is 13.9. The van der Waals surface area contributed by atoms with Crippen LogP contribution in [0.15, 0.2) is 18.2 Å². The van der Waals surface area contributed by atoms with Gasteiger partial charge in [0.05, 0.1) is 12.8 Å². The van der Waals surface area contributed by atoms with E-state index in [1.165, 1.54) is 12.0 Å². The number of piperazine rings is 1. The van der Waals surface area contributed by atoms with Gasteiger partial charge in [-0.25, -0.2) is 4.98 Å². The largest absolute Gasteiger partial charge is 0.468 e. The number of thiazole rings is 1. The molecule has 1 fully saturated rings. The van der Waals surface area contributed by atoms with Crippen LogP contribution in [0.2, 0.25) is 5.02 Å². The summed E-state index contributed by atoms with van der Waals surface area (Å²) in [7, 11) is 1.42. The number of halogens is 1. The van der Waals surface area contributed by atoms with Gasteiger partial charge in [-0.2, -0.15) is 0 Å². The van der Waals surface area contributed by atoms with Gasteiger partial charge in [0.15, 0.2) is 5.13 Å². The van der Waals surface area contributed by atoms with Crippen molar-refractivity contribution in [1.29, 1.82) is 0 Å². The van der Waals surface area contributed by atoms with Crippen LogP contribution >= 0.6 is 22.9 Å². The standard InChI is InChI=1S/C20H26ClN3O2S.C2H6/c1-12(2)9-17-18(14-6-5-13(3)15(21)10-14)23-20(27-17)24-8-7-22-16(11-24)19(25)26-4;1-2/h5-6,10,12,16,22H,7-9,11H2,1-4H3;1-2H3. The summed E-state index contributed by atoms with van der Waals surface area (Å²) in [5.41, 5.74) is 3.10. The second-order valence-electron chi connectivity index (χ2n) is 7.31. The van der Waals surface area contributed by atoms with Crippen molar-refractivity contribution < 1.29 is 9.53 Å². The van der Waals surface area contributed by atoms with Crippen molar-refractivity contribution in [3.8, 4) is 11.3 Å². The number of carbonyl (C=O) groups excluding carboxylic acids is 1. The highest BCUT2D eigenvalue weighted by Crippen LogP contribution is 2.36. The van der Waals surface area contributed by atoms with E-state index in [0.717, 1.165) is 46.5 Å². The summed E-state index contributed by atoms with van der Waals surface area (Å²) >= 11 is 8.07. The summed E-state index contributed by atoms with van der Waals surface area (Å²) in [6.07, 6.45) is 0.963. The highest BCUT2D eigenvalue weighted by atomic mass is 35.5. The molecule has 2 aromatic rings. The maximum atomic E-state index is 11.9. The average Bonchev–Trinajstić information content (AvgIpc) is 3.14. The van der Waals surface area contributed by atoms with Crippen LogP contribution in [0.25, 0.3) is 11.3 Å². The lowest BCUT2D eigenvalue weighted by Crippen LogP contribution is -2.54. The highest BCUT2D eigenvalue weighted by molar-refractivity contribution is 7.16. The Balaban J connectivity index is 0.00000145. The Morgan fingerprint density at radius 1 is 1.41 bits per heavy atom. The van der Waals surface area contributed by atoms with Crippen LogP contribution in [0.5, 0.6) is 0 Å². The van der Waals surface area contributed by atoms with E-state index in [2.05, 4.69) is 30.1 Å². The molecule has 1 saturated heterocycles. The minimum Gasteiger partial charge on any atom is -0.468 e. The molecule has 1 atom stereocenters. The first-order valence-electron chi connectivity index (χ1n) is 10.2. The molecule has 1 aliphatic heterocycles. The zero-order valence-corrected chi connectivity index (χ0v) is 19.8. The van der Waals surface area contributed by atoms with Gasteiger partial charge in [0.2, 0.25) is 0 Å². The number of nitrogens with one attached hydrogen (secondary N) is 1. The van der Waals surface area contributed by atoms with Gasteiger partial charge in [-0.05, 0) is 30.9 Å². The number of rotatable bonds is 5. The molecule has 1 unspecified atom stereocenters. The molecule has 1 N–H and O–H groups in total. The van der Waals surface area contributed by atoms with E-state index in [9.17, 15) is 4.79 Å². The van der Waals surface area contributed by atoms with Crippen LogP contribution in [0.1, 0.15) is 38.1 Å². The number of carbonyl (C=O) groups is 1. The summed E-state index contributed by atoms with van der Waals surface area (Å²) in [6, 6.07) is 5.79. The van der Waals surface area contributed by atoms with E-state index in [0.29, 0.717) is 12.5 Å². The zero-order valence-electron chi connectivity index (χ0n) is 18.2. The van der Waals surface area contributed by atoms with Gasteiger partial charge in [-0.1, -0.05) is 51.4 Å². The van der Waals surface area contributed by atoms with Gasteiger partial charge in [0, 0.05) is 35.1 Å². The van der Waals surface area contributed by atoms with E-state index in [4.69, 9.17) is 21.3 Å². The molecule has 1 aliphatic rings. The second kappa shape index (κ2) is 11.0. The molecule has 29 heavy (non-hydrogen) atoms. The zero-order chi connectivity index (χ0) is 21.6. The third-order valence-electron chi connectivity index (χ3n) is 4.66. The van der Waals surface area contributed by atoms with Crippen molar-refractivity contribution in [1.82, 2.24) is 10.3 Å². The topological polar surface area (TPSA) is 54.5 Å². The Kier molecular flexibility index (Phi) is 8.93. The number of anilines is 1. The molecule has 0 radical (unpaired) electrons. The van der Waals surface area contributed by atoms with Crippen molar-refractivity contribution in [2.24, 2.45) is 5.92 Å². The number of methoxy groups -OCH3 is 1. The predicted molar refractivity (Wildman–Crippen MR) is 123 cm³/mol. The van der Waals surface area contributed by atoms with E-state index >= 15 is 0 Å². The molecule has 7 heteroatoms. The Labute approximate surface area is 183 Å². The maximum Gasteiger partial charge on any atom is 0.324 e. The molecule has 0 spiro atoms. The first kappa shape index (κ1) is 23.6. The summed E-state index contributed by atoms with van der Waals surface area (Å²) in [4.78, 5) is 20.3. The van der Waals surface area contributed by atoms with E-state index in [1.54, 1.807) is 11.3 Å². The van der Waals surface area contributed by atoms with E-state index in [-0.39, 0.29) is 12.0 Å². The van der Waals surface area contributed by atoms with Crippen molar-refractivity contribution in [3.05, 3.63) is 33.7 Å². The molecule has 0 amide bonds. The Morgan fingerprint density at radius 3 is 2.76 bits per heavy atom. The van der Waals surface area contributed by atoms with Crippen LogP contribution in [0.4, 0.5) is 5.13 Å². The normalized spacial score (nSPS) is 16.4. The lowest BCUT2D eigenvalue weighted by Gasteiger charge is -2.31. The van der Waals surface area contributed by atoms with Crippen molar-refractivity contribution in [2.45, 2.75) is 47.1 Å². The molecule has 0 saturated carbocycles. The van der Waals surface area contributed by atoms with Gasteiger partial charge >= 0.3 is 5.97 Å². The summed E-state index contributed by atoms with van der Waals surface area (Å²) < 4.78 is 4.89. The summed E-state index contributed by atoms with van der Waals surface area (Å²) in [5, 5.41) is 4.92. The quantitative estimate of drug-likeness (QED) is 0.671. The molecule has 1 aromatic heterocycles. The van der Waals surface area contributed by atoms with Crippen LogP contribution in [0, 0.1) is 12.8 Å². The monoisotopic (exact) mass is 437 g/mol. The number of ether oxygens (including phenoxy) is 1. The molecule has 5 nitrogen and oxygen atoms in total. The van der Waals surface area contributed by atoms with Crippen LogP contribution in [-0.4, -0.2) is 43.7 Å². The number of benzene rings is 1. The molecule has 2 heterocycles. The van der Waals surface area contributed by atoms with E-state index in [1.807, 2.05) is 32.9 Å². The maximum absolute atomic E-state index is 11.9. The van der Waals surface area contributed by atoms with E-state index < -0.39 is 0 Å². The number of nitrogens with zero attached hydrogens (tertiary/aromatic N) is 2. The Bertz CT molecular complexity index is 822. The first-order valence-corrected chi connectivity index (χ1v) is 11.4. The van der Waals surface area contributed by atoms with Gasteiger partial charge in [-0.15, -0.1) is 11.3 Å². The molecule has 160 valence electrons. The van der Waals surface area contributed by atoms with Gasteiger partial charge in [0.25, 0.3) is 0 Å². The summed E-state index contributed by atoms with van der Waals surface area (Å²) in [6.45, 7) is 12.5. The van der Waals surface area contributed by atoms with Gasteiger partial charge in [-0.3, -0.25) is 4.79 Å². The van der Waals surface area contributed by atoms with Crippen molar-refractivity contribution >= 4 is 34.0 Å². The number of aromatic nitrogens is 1. The van der Waals surface area contributed by atoms with Crippen LogP contribution in [-0.2, 0) is 16.0 Å². The van der Waals surface area contributed by atoms with Crippen LogP contribution in [0.3, 0.4) is 0 Å². The minimum atomic E-state index is -0.321. The summed E-state index contributed by atoms with van der Waals surface area (Å²) in [5.74, 6) is 0.299. The minimum absolute atomic E-state index is 0.232. The van der Waals surface area contributed by atoms with Gasteiger partial charge in [0.1, 0.15) is 6.04 Å². The third kappa shape index (κ3) is 5.93. The smallest absolute Gasteiger partial charge is 0.324 e. The highest BCUT2D eigenvalue weighted by Gasteiger charge is 2.28. The molecule has 1 aromatic carbocycles. The van der Waals surface area contributed by atoms with Crippen molar-refractivity contribution in [3.63, 3.8) is 0 Å². The molecule has 3 rings (SSSR count). The van der Waals surface area contributed by atoms with Gasteiger partial charge < -0.3 is 15.0 Å². The number of esters is 1. The predicted octanol–water partition coefficient (Wildman–Crippen LogP) is 4.95.